The van der Waals surface area contributed by atoms with Crippen LogP contribution in [0.3, 0.4) is 0 Å². The van der Waals surface area contributed by atoms with Crippen molar-refractivity contribution in [2.75, 3.05) is 13.2 Å². The summed E-state index contributed by atoms with van der Waals surface area (Å²) in [5, 5.41) is 15.7. The van der Waals surface area contributed by atoms with Crippen molar-refractivity contribution in [3.05, 3.63) is 39.4 Å². The van der Waals surface area contributed by atoms with Crippen LogP contribution >= 0.6 is 0 Å². The molecule has 0 amide bonds. The van der Waals surface area contributed by atoms with Gasteiger partial charge in [-0.1, -0.05) is 12.1 Å². The molecule has 0 N–H and O–H groups in total. The van der Waals surface area contributed by atoms with E-state index in [9.17, 15) is 10.1 Å². The number of hydrogen-bond donors (Lipinski definition) is 0. The molecule has 1 unspecified atom stereocenters. The molecule has 1 aliphatic carbocycles. The van der Waals surface area contributed by atoms with Gasteiger partial charge < -0.3 is 4.74 Å². The lowest BCUT2D eigenvalue weighted by Crippen LogP contribution is -2.40. The zero-order chi connectivity index (χ0) is 12.8. The van der Waals surface area contributed by atoms with Crippen LogP contribution < -0.4 is 5.32 Å². The van der Waals surface area contributed by atoms with Gasteiger partial charge in [0.2, 0.25) is 0 Å². The summed E-state index contributed by atoms with van der Waals surface area (Å²) in [6, 6.07) is 5.28. The highest BCUT2D eigenvalue weighted by Gasteiger charge is 2.48. The van der Waals surface area contributed by atoms with Gasteiger partial charge in [-0.05, 0) is 25.3 Å². The second-order valence-electron chi connectivity index (χ2n) is 5.19. The minimum absolute atomic E-state index is 0.0165. The van der Waals surface area contributed by atoms with Crippen LogP contribution in [0, 0.1) is 17.0 Å². The smallest absolute Gasteiger partial charge is 0.272 e. The highest BCUT2D eigenvalue weighted by molar-refractivity contribution is 5.43. The van der Waals surface area contributed by atoms with E-state index in [0.29, 0.717) is 18.8 Å². The summed E-state index contributed by atoms with van der Waals surface area (Å²) in [7, 11) is 0. The SMILES string of the molecule is Cc1ccc(C2COCC3(CC3)[N]2)cc1[N+](=O)[O-]. The molecule has 1 atom stereocenters. The minimum atomic E-state index is -0.338. The van der Waals surface area contributed by atoms with E-state index in [1.165, 1.54) is 0 Å². The van der Waals surface area contributed by atoms with E-state index in [1.54, 1.807) is 19.1 Å². The van der Waals surface area contributed by atoms with Crippen molar-refractivity contribution in [1.29, 1.82) is 0 Å². The molecule has 2 fully saturated rings. The molecular formula is C13H15N2O3. The second kappa shape index (κ2) is 4.03. The predicted octanol–water partition coefficient (Wildman–Crippen LogP) is 2.11. The molecule has 0 aromatic heterocycles. The van der Waals surface area contributed by atoms with Gasteiger partial charge in [-0.2, -0.15) is 0 Å². The van der Waals surface area contributed by atoms with Crippen molar-refractivity contribution in [3.63, 3.8) is 0 Å². The van der Waals surface area contributed by atoms with Crippen LogP contribution in [0.2, 0.25) is 0 Å². The molecule has 2 aliphatic rings. The fraction of sp³-hybridized carbons (Fsp3) is 0.538. The molecule has 5 nitrogen and oxygen atoms in total. The van der Waals surface area contributed by atoms with Crippen LogP contribution in [0.4, 0.5) is 5.69 Å². The van der Waals surface area contributed by atoms with E-state index in [0.717, 1.165) is 18.4 Å². The Labute approximate surface area is 105 Å². The fourth-order valence-corrected chi connectivity index (χ4v) is 2.38. The molecule has 1 saturated carbocycles. The largest absolute Gasteiger partial charge is 0.377 e. The van der Waals surface area contributed by atoms with Gasteiger partial charge in [0, 0.05) is 11.6 Å². The van der Waals surface area contributed by atoms with Crippen LogP contribution in [-0.2, 0) is 4.74 Å². The van der Waals surface area contributed by atoms with E-state index >= 15 is 0 Å². The van der Waals surface area contributed by atoms with Crippen molar-refractivity contribution in [3.8, 4) is 0 Å². The Hall–Kier alpha value is -1.46. The molecule has 3 rings (SSSR count). The molecule has 1 aliphatic heterocycles. The fourth-order valence-electron chi connectivity index (χ4n) is 2.38. The quantitative estimate of drug-likeness (QED) is 0.593. The summed E-state index contributed by atoms with van der Waals surface area (Å²) in [6.07, 6.45) is 2.16. The highest BCUT2D eigenvalue weighted by Crippen LogP contribution is 2.42. The van der Waals surface area contributed by atoms with Gasteiger partial charge in [-0.3, -0.25) is 10.1 Å². The average molecular weight is 247 g/mol. The number of nitro groups is 1. The molecule has 1 spiro atoms. The van der Waals surface area contributed by atoms with Gasteiger partial charge in [0.05, 0.1) is 29.7 Å². The summed E-state index contributed by atoms with van der Waals surface area (Å²) < 4.78 is 5.58. The molecule has 1 aromatic rings. The first kappa shape index (κ1) is 11.6. The van der Waals surface area contributed by atoms with Gasteiger partial charge >= 0.3 is 0 Å². The molecule has 1 saturated heterocycles. The van der Waals surface area contributed by atoms with Gasteiger partial charge in [0.25, 0.3) is 5.69 Å². The Balaban J connectivity index is 1.87. The number of nitrogens with zero attached hydrogens (tertiary/aromatic N) is 2. The van der Waals surface area contributed by atoms with E-state index < -0.39 is 0 Å². The maximum absolute atomic E-state index is 10.9. The Kier molecular flexibility index (Phi) is 2.60. The van der Waals surface area contributed by atoms with Crippen LogP contribution in [0.5, 0.6) is 0 Å². The summed E-state index contributed by atoms with van der Waals surface area (Å²) in [5.74, 6) is 0. The Morgan fingerprint density at radius 2 is 2.28 bits per heavy atom. The summed E-state index contributed by atoms with van der Waals surface area (Å²) in [6.45, 7) is 2.98. The number of rotatable bonds is 2. The standard InChI is InChI=1S/C13H15N2O3/c1-9-2-3-10(6-12(9)15(16)17)11-7-18-8-13(14-11)4-5-13/h2-3,6,11H,4-5,7-8H2,1H3. The minimum Gasteiger partial charge on any atom is -0.377 e. The first-order valence-corrected chi connectivity index (χ1v) is 6.14. The lowest BCUT2D eigenvalue weighted by molar-refractivity contribution is -0.385. The third-order valence-corrected chi connectivity index (χ3v) is 3.72. The zero-order valence-electron chi connectivity index (χ0n) is 10.3. The molecule has 5 heteroatoms. The maximum atomic E-state index is 10.9. The highest BCUT2D eigenvalue weighted by atomic mass is 16.6. The van der Waals surface area contributed by atoms with E-state index in [-0.39, 0.29) is 22.2 Å². The van der Waals surface area contributed by atoms with Crippen LogP contribution in [0.25, 0.3) is 0 Å². The van der Waals surface area contributed by atoms with Gasteiger partial charge in [-0.15, -0.1) is 0 Å². The van der Waals surface area contributed by atoms with E-state index in [4.69, 9.17) is 10.1 Å². The number of benzene rings is 1. The topological polar surface area (TPSA) is 66.5 Å². The number of morpholine rings is 1. The zero-order valence-corrected chi connectivity index (χ0v) is 10.3. The van der Waals surface area contributed by atoms with Crippen molar-refractivity contribution in [2.45, 2.75) is 31.3 Å². The van der Waals surface area contributed by atoms with Crippen LogP contribution in [-0.4, -0.2) is 23.7 Å². The Morgan fingerprint density at radius 3 is 2.94 bits per heavy atom. The number of hydrogen-bond acceptors (Lipinski definition) is 3. The van der Waals surface area contributed by atoms with Crippen molar-refractivity contribution >= 4 is 5.69 Å². The molecule has 0 bridgehead atoms. The third kappa shape index (κ3) is 2.00. The first-order chi connectivity index (χ1) is 8.60. The van der Waals surface area contributed by atoms with Gasteiger partial charge in [-0.25, -0.2) is 5.32 Å². The Bertz CT molecular complexity index is 497. The predicted molar refractivity (Wildman–Crippen MR) is 65.5 cm³/mol. The monoisotopic (exact) mass is 247 g/mol. The summed E-state index contributed by atoms with van der Waals surface area (Å²) in [4.78, 5) is 10.6. The third-order valence-electron chi connectivity index (χ3n) is 3.72. The van der Waals surface area contributed by atoms with E-state index in [1.807, 2.05) is 6.07 Å². The number of ether oxygens (including phenoxy) is 1. The molecule has 95 valence electrons. The molecule has 1 radical (unpaired) electrons. The Morgan fingerprint density at radius 1 is 1.50 bits per heavy atom. The second-order valence-corrected chi connectivity index (χ2v) is 5.19. The van der Waals surface area contributed by atoms with Gasteiger partial charge in [0.15, 0.2) is 0 Å². The average Bonchev–Trinajstić information content (AvgIpc) is 3.08. The number of nitro benzene ring substituents is 1. The first-order valence-electron chi connectivity index (χ1n) is 6.14. The normalized spacial score (nSPS) is 25.1. The number of aryl methyl sites for hydroxylation is 1. The van der Waals surface area contributed by atoms with Crippen LogP contribution in [0.15, 0.2) is 18.2 Å². The van der Waals surface area contributed by atoms with Gasteiger partial charge in [0.1, 0.15) is 0 Å². The van der Waals surface area contributed by atoms with Crippen molar-refractivity contribution < 1.29 is 9.66 Å². The molecule has 1 aromatic carbocycles. The molecular weight excluding hydrogens is 232 g/mol. The maximum Gasteiger partial charge on any atom is 0.272 e. The lowest BCUT2D eigenvalue weighted by Gasteiger charge is -2.29. The molecule has 1 heterocycles. The summed E-state index contributed by atoms with van der Waals surface area (Å²) >= 11 is 0. The van der Waals surface area contributed by atoms with E-state index in [2.05, 4.69) is 0 Å². The summed E-state index contributed by atoms with van der Waals surface area (Å²) in [5.41, 5.74) is 1.75. The molecule has 18 heavy (non-hydrogen) atoms. The van der Waals surface area contributed by atoms with Crippen LogP contribution in [0.1, 0.15) is 30.0 Å². The van der Waals surface area contributed by atoms with Crippen molar-refractivity contribution in [1.82, 2.24) is 5.32 Å². The van der Waals surface area contributed by atoms with Crippen molar-refractivity contribution in [2.24, 2.45) is 0 Å². The lowest BCUT2D eigenvalue weighted by atomic mass is 10.0.